The van der Waals surface area contributed by atoms with E-state index in [0.29, 0.717) is 5.56 Å². The van der Waals surface area contributed by atoms with E-state index < -0.39 is 5.69 Å². The van der Waals surface area contributed by atoms with E-state index in [0.717, 1.165) is 11.1 Å². The lowest BCUT2D eigenvalue weighted by atomic mass is 10.0. The summed E-state index contributed by atoms with van der Waals surface area (Å²) in [5, 5.41) is 0.133. The molecule has 112 valence electrons. The van der Waals surface area contributed by atoms with Crippen molar-refractivity contribution in [2.45, 2.75) is 39.7 Å². The number of nitrogens with one attached hydrogen (secondary N) is 1. The predicted octanol–water partition coefficient (Wildman–Crippen LogP) is 3.23. The molecule has 1 heterocycles. The number of H-pyrrole nitrogens is 1. The average Bonchev–Trinajstić information content (AvgIpc) is 2.37. The van der Waals surface area contributed by atoms with Gasteiger partial charge in [0.25, 0.3) is 5.56 Å². The Morgan fingerprint density at radius 2 is 1.76 bits per heavy atom. The van der Waals surface area contributed by atoms with Gasteiger partial charge in [0.15, 0.2) is 0 Å². The summed E-state index contributed by atoms with van der Waals surface area (Å²) in [5.74, 6) is -0.0582. The van der Waals surface area contributed by atoms with Gasteiger partial charge in [-0.15, -0.1) is 0 Å². The number of nitrogens with zero attached hydrogens (tertiary/aromatic N) is 1. The second-order valence-electron chi connectivity index (χ2n) is 5.52. The molecule has 0 fully saturated rings. The lowest BCUT2D eigenvalue weighted by Crippen LogP contribution is -2.40. The molecule has 0 bridgehead atoms. The third kappa shape index (κ3) is 2.81. The number of aromatic amines is 1. The molecule has 0 saturated carbocycles. The first-order chi connectivity index (χ1) is 9.84. The minimum absolute atomic E-state index is 0.0582. The first kappa shape index (κ1) is 15.6. The van der Waals surface area contributed by atoms with E-state index in [4.69, 9.17) is 11.6 Å². The molecule has 0 aliphatic heterocycles. The Hall–Kier alpha value is -1.81. The van der Waals surface area contributed by atoms with E-state index in [1.54, 1.807) is 0 Å². The van der Waals surface area contributed by atoms with Crippen LogP contribution in [0.2, 0.25) is 5.15 Å². The largest absolute Gasteiger partial charge is 0.330 e. The third-order valence-corrected chi connectivity index (χ3v) is 4.02. The van der Waals surface area contributed by atoms with Crippen molar-refractivity contribution >= 4 is 11.6 Å². The smallest absolute Gasteiger partial charge is 0.297 e. The summed E-state index contributed by atoms with van der Waals surface area (Å²) in [6.45, 7) is 7.56. The molecule has 1 unspecified atom stereocenters. The molecule has 1 aromatic heterocycles. The van der Waals surface area contributed by atoms with Gasteiger partial charge >= 0.3 is 5.69 Å². The van der Waals surface area contributed by atoms with Gasteiger partial charge in [-0.2, -0.15) is 0 Å². The molecule has 2 aromatic rings. The van der Waals surface area contributed by atoms with Gasteiger partial charge in [0.2, 0.25) is 0 Å². The van der Waals surface area contributed by atoms with Crippen LogP contribution in [0.25, 0.3) is 0 Å². The summed E-state index contributed by atoms with van der Waals surface area (Å²) in [6.07, 6.45) is 0. The molecule has 0 saturated heterocycles. The first-order valence-corrected chi connectivity index (χ1v) is 7.32. The first-order valence-electron chi connectivity index (χ1n) is 6.94. The fourth-order valence-electron chi connectivity index (χ4n) is 2.58. The minimum Gasteiger partial charge on any atom is -0.297 e. The highest BCUT2D eigenvalue weighted by atomic mass is 35.5. The van der Waals surface area contributed by atoms with Crippen molar-refractivity contribution in [2.24, 2.45) is 0 Å². The number of hydrogen-bond acceptors (Lipinski definition) is 2. The molecule has 1 atom stereocenters. The standard InChI is InChI=1S/C16H19ClN2O2/c1-9(2)13-14(17)18-16(21)19(15(13)20)11(4)12-8-6-5-7-10(12)3/h5-9,11H,1-4H3,(H,18,21). The van der Waals surface area contributed by atoms with Crippen LogP contribution in [-0.4, -0.2) is 9.55 Å². The van der Waals surface area contributed by atoms with Crippen LogP contribution in [0.5, 0.6) is 0 Å². The summed E-state index contributed by atoms with van der Waals surface area (Å²) in [6, 6.07) is 7.37. The van der Waals surface area contributed by atoms with Gasteiger partial charge in [-0.05, 0) is 30.9 Å². The Bertz CT molecular complexity index is 775. The quantitative estimate of drug-likeness (QED) is 0.885. The van der Waals surface area contributed by atoms with Gasteiger partial charge in [0, 0.05) is 0 Å². The SMILES string of the molecule is Cc1ccccc1C(C)n1c(=O)[nH]c(Cl)c(C(C)C)c1=O. The highest BCUT2D eigenvalue weighted by Gasteiger charge is 2.20. The normalized spacial score (nSPS) is 12.7. The molecule has 1 N–H and O–H groups in total. The number of aryl methyl sites for hydroxylation is 1. The summed E-state index contributed by atoms with van der Waals surface area (Å²) in [7, 11) is 0. The van der Waals surface area contributed by atoms with Crippen LogP contribution < -0.4 is 11.2 Å². The lowest BCUT2D eigenvalue weighted by Gasteiger charge is -2.19. The van der Waals surface area contributed by atoms with Crippen molar-refractivity contribution in [3.05, 3.63) is 66.9 Å². The van der Waals surface area contributed by atoms with E-state index in [2.05, 4.69) is 4.98 Å². The van der Waals surface area contributed by atoms with Crippen LogP contribution in [0.1, 0.15) is 49.4 Å². The van der Waals surface area contributed by atoms with Gasteiger partial charge in [-0.25, -0.2) is 4.79 Å². The van der Waals surface area contributed by atoms with Crippen LogP contribution in [0.15, 0.2) is 33.9 Å². The summed E-state index contributed by atoms with van der Waals surface area (Å²) in [4.78, 5) is 27.4. The van der Waals surface area contributed by atoms with Crippen LogP contribution in [0.4, 0.5) is 0 Å². The monoisotopic (exact) mass is 306 g/mol. The van der Waals surface area contributed by atoms with Crippen LogP contribution in [0, 0.1) is 6.92 Å². The molecule has 0 aliphatic rings. The number of rotatable bonds is 3. The zero-order chi connectivity index (χ0) is 15.7. The zero-order valence-electron chi connectivity index (χ0n) is 12.6. The molecule has 0 radical (unpaired) electrons. The van der Waals surface area contributed by atoms with Gasteiger partial charge in [-0.3, -0.25) is 14.3 Å². The topological polar surface area (TPSA) is 54.9 Å². The Kier molecular flexibility index (Phi) is 4.37. The molecule has 0 amide bonds. The van der Waals surface area contributed by atoms with Crippen molar-refractivity contribution in [3.63, 3.8) is 0 Å². The maximum atomic E-state index is 12.6. The molecule has 0 spiro atoms. The third-order valence-electron chi connectivity index (χ3n) is 3.72. The van der Waals surface area contributed by atoms with Crippen molar-refractivity contribution in [2.75, 3.05) is 0 Å². The maximum absolute atomic E-state index is 12.6. The van der Waals surface area contributed by atoms with E-state index in [1.165, 1.54) is 4.57 Å². The van der Waals surface area contributed by atoms with Crippen LogP contribution in [-0.2, 0) is 0 Å². The van der Waals surface area contributed by atoms with Gasteiger partial charge in [-0.1, -0.05) is 49.7 Å². The van der Waals surface area contributed by atoms with Crippen molar-refractivity contribution < 1.29 is 0 Å². The minimum atomic E-state index is -0.481. The molecular formula is C16H19ClN2O2. The maximum Gasteiger partial charge on any atom is 0.330 e. The molecule has 0 aliphatic carbocycles. The lowest BCUT2D eigenvalue weighted by molar-refractivity contribution is 0.564. The van der Waals surface area contributed by atoms with Crippen LogP contribution >= 0.6 is 11.6 Å². The van der Waals surface area contributed by atoms with Gasteiger partial charge in [0.05, 0.1) is 11.6 Å². The fraction of sp³-hybridized carbons (Fsp3) is 0.375. The van der Waals surface area contributed by atoms with Crippen molar-refractivity contribution in [1.82, 2.24) is 9.55 Å². The molecule has 21 heavy (non-hydrogen) atoms. The molecular weight excluding hydrogens is 288 g/mol. The molecule has 1 aromatic carbocycles. The Morgan fingerprint density at radius 1 is 1.14 bits per heavy atom. The Labute approximate surface area is 128 Å². The zero-order valence-corrected chi connectivity index (χ0v) is 13.4. The molecule has 5 heteroatoms. The number of hydrogen-bond donors (Lipinski definition) is 1. The highest BCUT2D eigenvalue weighted by molar-refractivity contribution is 6.30. The van der Waals surface area contributed by atoms with E-state index in [1.807, 2.05) is 52.0 Å². The number of halogens is 1. The average molecular weight is 307 g/mol. The van der Waals surface area contributed by atoms with Crippen molar-refractivity contribution in [3.8, 4) is 0 Å². The Morgan fingerprint density at radius 3 is 2.33 bits per heavy atom. The van der Waals surface area contributed by atoms with Crippen LogP contribution in [0.3, 0.4) is 0 Å². The second-order valence-corrected chi connectivity index (χ2v) is 5.90. The predicted molar refractivity (Wildman–Crippen MR) is 85.4 cm³/mol. The fourth-order valence-corrected chi connectivity index (χ4v) is 2.96. The molecule has 4 nitrogen and oxygen atoms in total. The van der Waals surface area contributed by atoms with Gasteiger partial charge in [0.1, 0.15) is 5.15 Å². The van der Waals surface area contributed by atoms with Gasteiger partial charge < -0.3 is 0 Å². The van der Waals surface area contributed by atoms with E-state index in [-0.39, 0.29) is 22.7 Å². The highest BCUT2D eigenvalue weighted by Crippen LogP contribution is 2.21. The summed E-state index contributed by atoms with van der Waals surface area (Å²) >= 11 is 6.01. The summed E-state index contributed by atoms with van der Waals surface area (Å²) < 4.78 is 1.24. The second kappa shape index (κ2) is 5.90. The van der Waals surface area contributed by atoms with E-state index in [9.17, 15) is 9.59 Å². The molecule has 2 rings (SSSR count). The number of aromatic nitrogens is 2. The number of benzene rings is 1. The van der Waals surface area contributed by atoms with E-state index >= 15 is 0 Å². The van der Waals surface area contributed by atoms with Crippen molar-refractivity contribution in [1.29, 1.82) is 0 Å². The summed E-state index contributed by atoms with van der Waals surface area (Å²) in [5.41, 5.74) is 1.62. The Balaban J connectivity index is 2.70.